The molecule has 1 aromatic heterocycles. The summed E-state index contributed by atoms with van der Waals surface area (Å²) in [6.07, 6.45) is 6.00. The van der Waals surface area contributed by atoms with E-state index in [9.17, 15) is 4.79 Å². The highest BCUT2D eigenvalue weighted by molar-refractivity contribution is 7.18. The molecule has 21 heavy (non-hydrogen) atoms. The first-order valence-electron chi connectivity index (χ1n) is 8.08. The van der Waals surface area contributed by atoms with Crippen LogP contribution in [0, 0.1) is 5.92 Å². The van der Waals surface area contributed by atoms with Crippen molar-refractivity contribution in [3.05, 3.63) is 10.9 Å². The van der Waals surface area contributed by atoms with Crippen LogP contribution < -0.4 is 16.0 Å². The average Bonchev–Trinajstić information content (AvgIpc) is 2.73. The van der Waals surface area contributed by atoms with Crippen LogP contribution in [0.1, 0.15) is 55.6 Å². The van der Waals surface area contributed by atoms with Crippen LogP contribution in [-0.2, 0) is 0 Å². The number of rotatable bonds is 5. The fraction of sp³-hybridized carbons (Fsp3) is 0.688. The van der Waals surface area contributed by atoms with Crippen LogP contribution in [0.25, 0.3) is 0 Å². The third kappa shape index (κ3) is 4.13. The Hall–Kier alpha value is -1.23. The zero-order valence-electron chi connectivity index (χ0n) is 13.2. The lowest BCUT2D eigenvalue weighted by molar-refractivity contribution is 0.0958. The topological polar surface area (TPSA) is 58.4 Å². The van der Waals surface area contributed by atoms with Gasteiger partial charge in [-0.3, -0.25) is 4.79 Å². The van der Waals surface area contributed by atoms with Gasteiger partial charge in [0.2, 0.25) is 0 Å². The zero-order chi connectivity index (χ0) is 15.2. The Kier molecular flexibility index (Phi) is 5.91. The molecule has 1 saturated heterocycles. The molecule has 0 radical (unpaired) electrons. The van der Waals surface area contributed by atoms with Gasteiger partial charge in [-0.15, -0.1) is 11.3 Å². The molecular weight excluding hydrogens is 282 g/mol. The van der Waals surface area contributed by atoms with Crippen molar-refractivity contribution in [1.82, 2.24) is 5.32 Å². The number of carbonyl (C=O) groups is 1. The van der Waals surface area contributed by atoms with E-state index >= 15 is 0 Å². The van der Waals surface area contributed by atoms with Crippen molar-refractivity contribution in [2.45, 2.75) is 46.0 Å². The molecule has 3 N–H and O–H groups in total. The van der Waals surface area contributed by atoms with Gasteiger partial charge in [0.05, 0.1) is 10.7 Å². The molecule has 1 aromatic rings. The monoisotopic (exact) mass is 309 g/mol. The molecule has 1 aliphatic rings. The van der Waals surface area contributed by atoms with Gasteiger partial charge >= 0.3 is 0 Å². The molecule has 2 rings (SSSR count). The van der Waals surface area contributed by atoms with Crippen molar-refractivity contribution in [2.75, 3.05) is 30.3 Å². The van der Waals surface area contributed by atoms with E-state index < -0.39 is 0 Å². The number of nitrogens with one attached hydrogen (secondary N) is 1. The number of amides is 1. The average molecular weight is 309 g/mol. The Morgan fingerprint density at radius 3 is 2.95 bits per heavy atom. The lowest BCUT2D eigenvalue weighted by Crippen LogP contribution is -2.24. The summed E-state index contributed by atoms with van der Waals surface area (Å²) < 4.78 is 0. The van der Waals surface area contributed by atoms with Crippen LogP contribution in [0.15, 0.2) is 6.07 Å². The van der Waals surface area contributed by atoms with Crippen LogP contribution in [0.3, 0.4) is 0 Å². The summed E-state index contributed by atoms with van der Waals surface area (Å²) >= 11 is 1.53. The predicted molar refractivity (Wildman–Crippen MR) is 91.2 cm³/mol. The predicted octanol–water partition coefficient (Wildman–Crippen LogP) is 3.49. The first-order valence-corrected chi connectivity index (χ1v) is 8.89. The van der Waals surface area contributed by atoms with Crippen LogP contribution in [0.5, 0.6) is 0 Å². The van der Waals surface area contributed by atoms with Crippen LogP contribution in [0.4, 0.5) is 10.7 Å². The SMILES string of the molecule is CCCNC(=O)c1sc(N2CCCC(CC)CC2)cc1N. The minimum absolute atomic E-state index is 0.0353. The number of thiophene rings is 1. The first-order chi connectivity index (χ1) is 10.2. The molecule has 0 saturated carbocycles. The van der Waals surface area contributed by atoms with Crippen molar-refractivity contribution in [2.24, 2.45) is 5.92 Å². The van der Waals surface area contributed by atoms with E-state index in [-0.39, 0.29) is 5.91 Å². The Morgan fingerprint density at radius 1 is 1.43 bits per heavy atom. The van der Waals surface area contributed by atoms with Crippen LogP contribution in [-0.4, -0.2) is 25.5 Å². The summed E-state index contributed by atoms with van der Waals surface area (Å²) in [6.45, 7) is 7.18. The Bertz CT molecular complexity index is 472. The van der Waals surface area contributed by atoms with E-state index in [0.717, 1.165) is 30.4 Å². The van der Waals surface area contributed by atoms with Crippen molar-refractivity contribution in [1.29, 1.82) is 0 Å². The van der Waals surface area contributed by atoms with Gasteiger partial charge in [0.1, 0.15) is 4.88 Å². The maximum absolute atomic E-state index is 12.1. The van der Waals surface area contributed by atoms with Gasteiger partial charge in [-0.05, 0) is 37.7 Å². The molecule has 0 bridgehead atoms. The highest BCUT2D eigenvalue weighted by Crippen LogP contribution is 2.34. The third-order valence-corrected chi connectivity index (χ3v) is 5.44. The molecule has 0 aromatic carbocycles. The summed E-state index contributed by atoms with van der Waals surface area (Å²) in [5.41, 5.74) is 6.65. The molecule has 4 nitrogen and oxygen atoms in total. The molecule has 1 fully saturated rings. The van der Waals surface area contributed by atoms with Gasteiger partial charge < -0.3 is 16.0 Å². The van der Waals surface area contributed by atoms with E-state index in [0.29, 0.717) is 17.1 Å². The van der Waals surface area contributed by atoms with E-state index in [2.05, 4.69) is 17.1 Å². The molecule has 1 amide bonds. The smallest absolute Gasteiger partial charge is 0.263 e. The van der Waals surface area contributed by atoms with Gasteiger partial charge in [-0.25, -0.2) is 0 Å². The van der Waals surface area contributed by atoms with Gasteiger partial charge in [0.25, 0.3) is 5.91 Å². The second-order valence-corrected chi connectivity index (χ2v) is 6.85. The summed E-state index contributed by atoms with van der Waals surface area (Å²) in [5, 5.41) is 4.05. The Balaban J connectivity index is 2.05. The maximum Gasteiger partial charge on any atom is 0.263 e. The van der Waals surface area contributed by atoms with Gasteiger partial charge in [-0.1, -0.05) is 20.3 Å². The normalized spacial score (nSPS) is 19.3. The Morgan fingerprint density at radius 2 is 2.24 bits per heavy atom. The van der Waals surface area contributed by atoms with E-state index in [1.807, 2.05) is 13.0 Å². The van der Waals surface area contributed by atoms with E-state index in [4.69, 9.17) is 5.73 Å². The standard InChI is InChI=1S/C16H27N3OS/c1-3-8-18-16(20)15-13(17)11-14(21-15)19-9-5-6-12(4-2)7-10-19/h11-12H,3-10,17H2,1-2H3,(H,18,20). The molecule has 2 heterocycles. The molecule has 118 valence electrons. The van der Waals surface area contributed by atoms with E-state index in [1.165, 1.54) is 37.0 Å². The third-order valence-electron chi connectivity index (χ3n) is 4.23. The number of nitrogens with two attached hydrogens (primary N) is 1. The summed E-state index contributed by atoms with van der Waals surface area (Å²) in [6, 6.07) is 1.97. The number of carbonyl (C=O) groups excluding carboxylic acids is 1. The van der Waals surface area contributed by atoms with Gasteiger partial charge in [0, 0.05) is 19.6 Å². The second-order valence-electron chi connectivity index (χ2n) is 5.82. The van der Waals surface area contributed by atoms with Crippen LogP contribution >= 0.6 is 11.3 Å². The molecular formula is C16H27N3OS. The number of nitrogens with zero attached hydrogens (tertiary/aromatic N) is 1. The highest BCUT2D eigenvalue weighted by atomic mass is 32.1. The van der Waals surface area contributed by atoms with Gasteiger partial charge in [0.15, 0.2) is 0 Å². The summed E-state index contributed by atoms with van der Waals surface area (Å²) in [7, 11) is 0. The lowest BCUT2D eigenvalue weighted by Gasteiger charge is -2.20. The fourth-order valence-corrected chi connectivity index (χ4v) is 3.89. The largest absolute Gasteiger partial charge is 0.397 e. The second kappa shape index (κ2) is 7.69. The molecule has 0 aliphatic carbocycles. The molecule has 1 atom stereocenters. The first kappa shape index (κ1) is 16.1. The number of hydrogen-bond donors (Lipinski definition) is 2. The number of nitrogen functional groups attached to an aromatic ring is 1. The molecule has 1 aliphatic heterocycles. The van der Waals surface area contributed by atoms with Crippen LogP contribution in [0.2, 0.25) is 0 Å². The molecule has 1 unspecified atom stereocenters. The fourth-order valence-electron chi connectivity index (χ4n) is 2.84. The van der Waals surface area contributed by atoms with Gasteiger partial charge in [-0.2, -0.15) is 0 Å². The maximum atomic E-state index is 12.1. The number of anilines is 2. The lowest BCUT2D eigenvalue weighted by atomic mass is 9.98. The number of hydrogen-bond acceptors (Lipinski definition) is 4. The zero-order valence-corrected chi connectivity index (χ0v) is 14.0. The quantitative estimate of drug-likeness (QED) is 0.875. The van der Waals surface area contributed by atoms with Crippen molar-refractivity contribution >= 4 is 27.9 Å². The summed E-state index contributed by atoms with van der Waals surface area (Å²) in [4.78, 5) is 15.1. The minimum Gasteiger partial charge on any atom is -0.397 e. The summed E-state index contributed by atoms with van der Waals surface area (Å²) in [5.74, 6) is 0.812. The van der Waals surface area contributed by atoms with Crippen molar-refractivity contribution < 1.29 is 4.79 Å². The minimum atomic E-state index is -0.0353. The van der Waals surface area contributed by atoms with E-state index in [1.54, 1.807) is 0 Å². The van der Waals surface area contributed by atoms with Crippen molar-refractivity contribution in [3.8, 4) is 0 Å². The highest BCUT2D eigenvalue weighted by Gasteiger charge is 2.20. The Labute approximate surface area is 131 Å². The molecule has 0 spiro atoms. The molecule has 5 heteroatoms. The van der Waals surface area contributed by atoms with Crippen molar-refractivity contribution in [3.63, 3.8) is 0 Å².